The highest BCUT2D eigenvalue weighted by Gasteiger charge is 2.34. The van der Waals surface area contributed by atoms with Crippen LogP contribution in [0.5, 0.6) is 5.75 Å². The van der Waals surface area contributed by atoms with Gasteiger partial charge in [-0.1, -0.05) is 23.7 Å². The van der Waals surface area contributed by atoms with E-state index in [0.717, 1.165) is 17.8 Å². The van der Waals surface area contributed by atoms with E-state index in [-0.39, 0.29) is 23.0 Å². The molecule has 0 spiro atoms. The summed E-state index contributed by atoms with van der Waals surface area (Å²) in [6.07, 6.45) is -4.61. The van der Waals surface area contributed by atoms with Gasteiger partial charge in [-0.05, 0) is 30.3 Å². The van der Waals surface area contributed by atoms with E-state index in [1.165, 1.54) is 6.07 Å². The van der Waals surface area contributed by atoms with Gasteiger partial charge < -0.3 is 15.3 Å². The molecule has 0 unspecified atom stereocenters. The zero-order chi connectivity index (χ0) is 20.3. The van der Waals surface area contributed by atoms with E-state index in [9.17, 15) is 23.1 Å². The molecule has 0 aliphatic carbocycles. The number of phenolic OH excluding ortho intramolecular Hbond substituents is 1. The summed E-state index contributed by atoms with van der Waals surface area (Å²) < 4.78 is 39.4. The van der Waals surface area contributed by atoms with Crippen molar-refractivity contribution in [3.8, 4) is 5.75 Å². The first-order chi connectivity index (χ1) is 13.2. The molecular formula is C19H19ClF3N3O2. The van der Waals surface area contributed by atoms with Crippen LogP contribution in [0.1, 0.15) is 5.56 Å². The summed E-state index contributed by atoms with van der Waals surface area (Å²) in [5.74, 6) is -0.333. The van der Waals surface area contributed by atoms with E-state index in [1.807, 2.05) is 21.9 Å². The minimum Gasteiger partial charge on any atom is -0.506 e. The molecule has 5 nitrogen and oxygen atoms in total. The largest absolute Gasteiger partial charge is 0.506 e. The molecule has 1 heterocycles. The van der Waals surface area contributed by atoms with E-state index in [0.29, 0.717) is 26.2 Å². The number of alkyl halides is 3. The molecule has 1 aliphatic rings. The van der Waals surface area contributed by atoms with Crippen LogP contribution in [0.2, 0.25) is 5.02 Å². The predicted octanol–water partition coefficient (Wildman–Crippen LogP) is 3.83. The fourth-order valence-electron chi connectivity index (χ4n) is 3.13. The van der Waals surface area contributed by atoms with Gasteiger partial charge in [-0.25, -0.2) is 0 Å². The Morgan fingerprint density at radius 1 is 1.11 bits per heavy atom. The first-order valence-electron chi connectivity index (χ1n) is 8.66. The average Bonchev–Trinajstić information content (AvgIpc) is 2.63. The summed E-state index contributed by atoms with van der Waals surface area (Å²) >= 11 is 5.65. The second-order valence-electron chi connectivity index (χ2n) is 6.49. The fraction of sp³-hybridized carbons (Fsp3) is 0.316. The van der Waals surface area contributed by atoms with Crippen LogP contribution in [-0.2, 0) is 11.0 Å². The lowest BCUT2D eigenvalue weighted by molar-refractivity contribution is -0.137. The third-order valence-electron chi connectivity index (χ3n) is 4.52. The maximum absolute atomic E-state index is 13.1. The molecule has 150 valence electrons. The van der Waals surface area contributed by atoms with Crippen LogP contribution in [0.25, 0.3) is 0 Å². The lowest BCUT2D eigenvalue weighted by atomic mass is 10.1. The van der Waals surface area contributed by atoms with Crippen LogP contribution >= 0.6 is 11.6 Å². The first kappa shape index (κ1) is 20.3. The Balaban J connectivity index is 1.58. The van der Waals surface area contributed by atoms with Crippen molar-refractivity contribution >= 4 is 28.9 Å². The number of benzene rings is 2. The van der Waals surface area contributed by atoms with Crippen molar-refractivity contribution in [2.24, 2.45) is 0 Å². The van der Waals surface area contributed by atoms with Crippen LogP contribution in [0.3, 0.4) is 0 Å². The summed E-state index contributed by atoms with van der Waals surface area (Å²) in [5, 5.41) is 12.2. The normalized spacial score (nSPS) is 15.5. The van der Waals surface area contributed by atoms with Crippen molar-refractivity contribution in [2.45, 2.75) is 6.18 Å². The number of nitrogens with one attached hydrogen (secondary N) is 1. The Kier molecular flexibility index (Phi) is 6.00. The van der Waals surface area contributed by atoms with Gasteiger partial charge in [-0.3, -0.25) is 9.69 Å². The quantitative estimate of drug-likeness (QED) is 0.800. The number of aromatic hydroxyl groups is 1. The van der Waals surface area contributed by atoms with Crippen molar-refractivity contribution < 1.29 is 23.1 Å². The average molecular weight is 414 g/mol. The highest BCUT2D eigenvalue weighted by Crippen LogP contribution is 2.36. The number of phenols is 1. The number of hydrogen-bond acceptors (Lipinski definition) is 4. The fourth-order valence-corrected chi connectivity index (χ4v) is 3.30. The smallest absolute Gasteiger partial charge is 0.418 e. The van der Waals surface area contributed by atoms with Gasteiger partial charge in [0.05, 0.1) is 23.5 Å². The number of rotatable bonds is 4. The van der Waals surface area contributed by atoms with Crippen LogP contribution < -0.4 is 10.2 Å². The van der Waals surface area contributed by atoms with Crippen LogP contribution in [0.4, 0.5) is 24.5 Å². The summed E-state index contributed by atoms with van der Waals surface area (Å²) in [6, 6.07) is 10.2. The number of anilines is 2. The maximum atomic E-state index is 13.1. The molecule has 28 heavy (non-hydrogen) atoms. The lowest BCUT2D eigenvalue weighted by Gasteiger charge is -2.35. The zero-order valence-corrected chi connectivity index (χ0v) is 15.6. The number of carbonyl (C=O) groups is 1. The van der Waals surface area contributed by atoms with E-state index in [2.05, 4.69) is 5.32 Å². The molecule has 9 heteroatoms. The summed E-state index contributed by atoms with van der Waals surface area (Å²) in [6.45, 7) is 2.27. The highest BCUT2D eigenvalue weighted by molar-refractivity contribution is 6.30. The maximum Gasteiger partial charge on any atom is 0.418 e. The Morgan fingerprint density at radius 2 is 1.79 bits per heavy atom. The van der Waals surface area contributed by atoms with Gasteiger partial charge in [-0.2, -0.15) is 13.2 Å². The molecule has 0 radical (unpaired) electrons. The number of hydrogen-bond donors (Lipinski definition) is 2. The summed E-state index contributed by atoms with van der Waals surface area (Å²) in [7, 11) is 0. The van der Waals surface area contributed by atoms with Crippen LogP contribution in [0.15, 0.2) is 42.5 Å². The number of halogens is 4. The number of piperazine rings is 1. The van der Waals surface area contributed by atoms with Crippen molar-refractivity contribution in [1.82, 2.24) is 4.90 Å². The number of para-hydroxylation sites is 2. The topological polar surface area (TPSA) is 55.8 Å². The standard InChI is InChI=1S/C19H19ClF3N3O2/c20-13-5-6-15(14(11-13)19(21,22)23)24-18(28)12-25-7-9-26(10-8-25)16-3-1-2-4-17(16)27/h1-6,11,27H,7-10,12H2,(H,24,28). The molecule has 0 saturated carbocycles. The van der Waals surface area contributed by atoms with Gasteiger partial charge in [0, 0.05) is 31.2 Å². The van der Waals surface area contributed by atoms with E-state index in [4.69, 9.17) is 11.6 Å². The first-order valence-corrected chi connectivity index (χ1v) is 9.04. The van der Waals surface area contributed by atoms with Crippen LogP contribution in [0, 0.1) is 0 Å². The lowest BCUT2D eigenvalue weighted by Crippen LogP contribution is -2.48. The molecule has 0 aromatic heterocycles. The monoisotopic (exact) mass is 413 g/mol. The number of carbonyl (C=O) groups excluding carboxylic acids is 1. The molecule has 1 fully saturated rings. The van der Waals surface area contributed by atoms with Crippen LogP contribution in [-0.4, -0.2) is 48.6 Å². The highest BCUT2D eigenvalue weighted by atomic mass is 35.5. The van der Waals surface area contributed by atoms with Gasteiger partial charge in [0.25, 0.3) is 0 Å². The van der Waals surface area contributed by atoms with Gasteiger partial charge in [0.1, 0.15) is 5.75 Å². The van der Waals surface area contributed by atoms with Crippen molar-refractivity contribution in [1.29, 1.82) is 0 Å². The minimum absolute atomic E-state index is 0.0193. The predicted molar refractivity (Wildman–Crippen MR) is 102 cm³/mol. The molecule has 3 rings (SSSR count). The third-order valence-corrected chi connectivity index (χ3v) is 4.76. The van der Waals surface area contributed by atoms with Crippen molar-refractivity contribution in [2.75, 3.05) is 42.9 Å². The molecule has 2 N–H and O–H groups in total. The molecule has 2 aromatic carbocycles. The Morgan fingerprint density at radius 3 is 2.43 bits per heavy atom. The Labute approximate surface area is 165 Å². The summed E-state index contributed by atoms with van der Waals surface area (Å²) in [4.78, 5) is 16.1. The van der Waals surface area contributed by atoms with Gasteiger partial charge >= 0.3 is 6.18 Å². The zero-order valence-electron chi connectivity index (χ0n) is 14.8. The summed E-state index contributed by atoms with van der Waals surface area (Å²) in [5.41, 5.74) is -0.560. The molecule has 0 atom stereocenters. The van der Waals surface area contributed by atoms with Gasteiger partial charge in [-0.15, -0.1) is 0 Å². The number of amides is 1. The molecule has 1 amide bonds. The van der Waals surface area contributed by atoms with Gasteiger partial charge in [0.15, 0.2) is 0 Å². The molecular weight excluding hydrogens is 395 g/mol. The molecule has 1 saturated heterocycles. The third kappa shape index (κ3) is 4.88. The van der Waals surface area contributed by atoms with Crippen molar-refractivity contribution in [3.63, 3.8) is 0 Å². The Bertz CT molecular complexity index is 853. The van der Waals surface area contributed by atoms with E-state index < -0.39 is 17.6 Å². The minimum atomic E-state index is -4.61. The SMILES string of the molecule is O=C(CN1CCN(c2ccccc2O)CC1)Nc1ccc(Cl)cc1C(F)(F)F. The second-order valence-corrected chi connectivity index (χ2v) is 6.92. The molecule has 2 aromatic rings. The van der Waals surface area contributed by atoms with E-state index in [1.54, 1.807) is 12.1 Å². The van der Waals surface area contributed by atoms with Gasteiger partial charge in [0.2, 0.25) is 5.91 Å². The molecule has 1 aliphatic heterocycles. The molecule has 0 bridgehead atoms. The van der Waals surface area contributed by atoms with E-state index >= 15 is 0 Å². The Hall–Kier alpha value is -2.45. The number of nitrogens with zero attached hydrogens (tertiary/aromatic N) is 2. The van der Waals surface area contributed by atoms with Crippen molar-refractivity contribution in [3.05, 3.63) is 53.1 Å². The second kappa shape index (κ2) is 8.28.